The molecule has 2 aromatic rings. The van der Waals surface area contributed by atoms with Crippen LogP contribution < -0.4 is 16.2 Å². The molecule has 35 heavy (non-hydrogen) atoms. The predicted octanol–water partition coefficient (Wildman–Crippen LogP) is -1.45. The van der Waals surface area contributed by atoms with Gasteiger partial charge in [-0.3, -0.25) is 14.5 Å². The van der Waals surface area contributed by atoms with E-state index >= 15 is 0 Å². The Hall–Kier alpha value is -2.51. The van der Waals surface area contributed by atoms with E-state index in [1.54, 1.807) is 17.5 Å². The maximum atomic E-state index is 12.8. The molecule has 188 valence electrons. The molecule has 18 heteroatoms. The quantitative estimate of drug-likeness (QED) is 0.194. The zero-order chi connectivity index (χ0) is 25.3. The average molecular weight is 561 g/mol. The van der Waals surface area contributed by atoms with Crippen LogP contribution >= 0.6 is 34.9 Å². The lowest BCUT2D eigenvalue weighted by Gasteiger charge is -2.49. The van der Waals surface area contributed by atoms with Crippen LogP contribution in [0, 0.1) is 0 Å². The first kappa shape index (κ1) is 25.6. The van der Waals surface area contributed by atoms with Crippen LogP contribution in [0.15, 0.2) is 33.9 Å². The number of thioether (sulfide) groups is 2. The third kappa shape index (κ3) is 5.51. The Morgan fingerprint density at radius 3 is 2.83 bits per heavy atom. The lowest BCUT2D eigenvalue weighted by atomic mass is 10.0. The number of carbonyl (C=O) groups is 3. The van der Waals surface area contributed by atoms with Gasteiger partial charge in [-0.2, -0.15) is 0 Å². The number of tetrazole rings is 1. The monoisotopic (exact) mass is 560 g/mol. The first-order valence-corrected chi connectivity index (χ1v) is 14.6. The van der Waals surface area contributed by atoms with Gasteiger partial charge in [0.1, 0.15) is 23.2 Å². The molecule has 2 aromatic heterocycles. The summed E-state index contributed by atoms with van der Waals surface area (Å²) in [5, 5.41) is 30.0. The number of fused-ring (bicyclic) bond motifs is 1. The number of carbonyl (C=O) groups excluding carboxylic acids is 2. The van der Waals surface area contributed by atoms with Crippen molar-refractivity contribution in [3.63, 3.8) is 0 Å². The summed E-state index contributed by atoms with van der Waals surface area (Å²) in [5.41, 5.74) is 6.29. The lowest BCUT2D eigenvalue weighted by molar-refractivity contribution is -0.150. The minimum absolute atomic E-state index is 0.0601. The molecule has 4 rings (SSSR count). The highest BCUT2D eigenvalue weighted by Crippen LogP contribution is 2.41. The first-order valence-electron chi connectivity index (χ1n) is 9.95. The fraction of sp³-hybridized carbons (Fsp3) is 0.412. The van der Waals surface area contributed by atoms with Gasteiger partial charge >= 0.3 is 5.97 Å². The molecule has 6 N–H and O–H groups in total. The van der Waals surface area contributed by atoms with Gasteiger partial charge < -0.3 is 16.2 Å². The number of hydrogen-bond donors (Lipinski definition) is 4. The fourth-order valence-electron chi connectivity index (χ4n) is 3.44. The number of amides is 2. The number of sulfonamides is 1. The van der Waals surface area contributed by atoms with Crippen LogP contribution in [0.5, 0.6) is 0 Å². The van der Waals surface area contributed by atoms with Crippen molar-refractivity contribution in [1.82, 2.24) is 30.4 Å². The molecule has 0 aliphatic carbocycles. The number of aliphatic carboxylic acids is 1. The van der Waals surface area contributed by atoms with Crippen molar-refractivity contribution in [2.45, 2.75) is 29.2 Å². The molecule has 0 aromatic carbocycles. The Morgan fingerprint density at radius 1 is 1.40 bits per heavy atom. The Labute approximate surface area is 211 Å². The van der Waals surface area contributed by atoms with Crippen LogP contribution in [0.1, 0.15) is 10.9 Å². The Balaban J connectivity index is 1.43. The highest BCUT2D eigenvalue weighted by atomic mass is 32.2. The van der Waals surface area contributed by atoms with E-state index in [2.05, 4.69) is 20.8 Å². The summed E-state index contributed by atoms with van der Waals surface area (Å²) in [6, 6.07) is 1.68. The van der Waals surface area contributed by atoms with Crippen LogP contribution in [0.25, 0.3) is 0 Å². The van der Waals surface area contributed by atoms with Crippen molar-refractivity contribution in [2.75, 3.05) is 17.3 Å². The van der Waals surface area contributed by atoms with Gasteiger partial charge in [0.05, 0.1) is 12.3 Å². The van der Waals surface area contributed by atoms with Crippen LogP contribution in [0.4, 0.5) is 0 Å². The molecule has 3 atom stereocenters. The molecule has 14 nitrogen and oxygen atoms in total. The van der Waals surface area contributed by atoms with Crippen molar-refractivity contribution < 1.29 is 27.9 Å². The van der Waals surface area contributed by atoms with E-state index in [-0.39, 0.29) is 28.9 Å². The number of carboxylic acids is 1. The van der Waals surface area contributed by atoms with Crippen LogP contribution in [-0.4, -0.2) is 85.1 Å². The SMILES string of the molecule is NC(C(=O)NC1C(=O)N2C(C(=O)O)=C(CSc3nnnn3CCS(N)(=O)=O)CS[C@H]12)c1cccs1. The Morgan fingerprint density at radius 2 is 2.17 bits per heavy atom. The number of nitrogens with one attached hydrogen (secondary N) is 1. The number of hydrogen-bond acceptors (Lipinski definition) is 12. The molecule has 2 aliphatic rings. The molecular weight excluding hydrogens is 541 g/mol. The van der Waals surface area contributed by atoms with E-state index in [0.717, 1.165) is 16.7 Å². The molecule has 0 radical (unpaired) electrons. The minimum atomic E-state index is -3.71. The van der Waals surface area contributed by atoms with Crippen molar-refractivity contribution >= 4 is 62.7 Å². The van der Waals surface area contributed by atoms with Crippen molar-refractivity contribution in [3.8, 4) is 0 Å². The minimum Gasteiger partial charge on any atom is -0.477 e. The molecule has 1 fully saturated rings. The lowest BCUT2D eigenvalue weighted by Crippen LogP contribution is -2.71. The smallest absolute Gasteiger partial charge is 0.352 e. The van der Waals surface area contributed by atoms with E-state index in [1.807, 2.05) is 0 Å². The van der Waals surface area contributed by atoms with Crippen LogP contribution in [0.2, 0.25) is 0 Å². The van der Waals surface area contributed by atoms with Crippen molar-refractivity contribution in [2.24, 2.45) is 10.9 Å². The van der Waals surface area contributed by atoms with E-state index in [0.29, 0.717) is 16.2 Å². The number of aryl methyl sites for hydroxylation is 1. The summed E-state index contributed by atoms with van der Waals surface area (Å²) in [6.45, 7) is -0.0601. The van der Waals surface area contributed by atoms with E-state index < -0.39 is 45.3 Å². The van der Waals surface area contributed by atoms with E-state index in [1.165, 1.54) is 27.8 Å². The summed E-state index contributed by atoms with van der Waals surface area (Å²) < 4.78 is 23.7. The number of aromatic nitrogens is 4. The number of nitrogens with zero attached hydrogens (tertiary/aromatic N) is 5. The number of rotatable bonds is 10. The zero-order valence-electron chi connectivity index (χ0n) is 17.8. The largest absolute Gasteiger partial charge is 0.477 e. The maximum absolute atomic E-state index is 12.8. The van der Waals surface area contributed by atoms with Gasteiger partial charge in [-0.05, 0) is 27.4 Å². The molecule has 0 spiro atoms. The van der Waals surface area contributed by atoms with Crippen LogP contribution in [-0.2, 0) is 31.0 Å². The van der Waals surface area contributed by atoms with Gasteiger partial charge in [0.25, 0.3) is 5.91 Å². The molecule has 1 saturated heterocycles. The second-order valence-corrected chi connectivity index (χ2v) is 12.2. The van der Waals surface area contributed by atoms with Gasteiger partial charge in [0.15, 0.2) is 0 Å². The molecular formula is C17H20N8O6S4. The zero-order valence-corrected chi connectivity index (χ0v) is 21.1. The molecule has 0 bridgehead atoms. The number of carboxylic acid groups (broad SMARTS) is 1. The molecule has 2 unspecified atom stereocenters. The van der Waals surface area contributed by atoms with Crippen molar-refractivity contribution in [3.05, 3.63) is 33.7 Å². The Kier molecular flexibility index (Phi) is 7.48. The first-order chi connectivity index (χ1) is 16.6. The fourth-order valence-corrected chi connectivity index (χ4v) is 6.98. The molecule has 2 aliphatic heterocycles. The summed E-state index contributed by atoms with van der Waals surface area (Å²) >= 11 is 3.76. The number of nitrogens with two attached hydrogens (primary N) is 2. The summed E-state index contributed by atoms with van der Waals surface area (Å²) in [4.78, 5) is 39.2. The number of primary sulfonamides is 1. The second-order valence-electron chi connectivity index (χ2n) is 7.49. The van der Waals surface area contributed by atoms with Gasteiger partial charge in [-0.1, -0.05) is 17.8 Å². The normalized spacial score (nSPS) is 20.9. The third-order valence-corrected chi connectivity index (χ3v) is 9.23. The highest BCUT2D eigenvalue weighted by molar-refractivity contribution is 8.01. The highest BCUT2D eigenvalue weighted by Gasteiger charge is 2.54. The van der Waals surface area contributed by atoms with Crippen molar-refractivity contribution in [1.29, 1.82) is 0 Å². The third-order valence-electron chi connectivity index (χ3n) is 5.14. The van der Waals surface area contributed by atoms with Gasteiger partial charge in [-0.25, -0.2) is 23.0 Å². The molecule has 2 amide bonds. The number of β-lactam (4-membered cyclic amide) rings is 1. The Bertz CT molecular complexity index is 1280. The van der Waals surface area contributed by atoms with Gasteiger partial charge in [-0.15, -0.1) is 28.2 Å². The van der Waals surface area contributed by atoms with E-state index in [4.69, 9.17) is 10.9 Å². The summed E-state index contributed by atoms with van der Waals surface area (Å²) in [7, 11) is -3.71. The average Bonchev–Trinajstić information content (AvgIpc) is 3.50. The summed E-state index contributed by atoms with van der Waals surface area (Å²) in [5.74, 6) is -2.23. The maximum Gasteiger partial charge on any atom is 0.352 e. The topological polar surface area (TPSA) is 216 Å². The van der Waals surface area contributed by atoms with Crippen LogP contribution in [0.3, 0.4) is 0 Å². The standard InChI is InChI=1S/C17H20N8O6S4/c18-10(9-2-1-4-32-9)13(26)20-11-14(27)25-12(16(28)29)8(6-33-15(11)25)7-34-17-21-22-23-24(17)3-5-35(19,30)31/h1-2,4,10-11,15H,3,5-7,18H2,(H,20,26)(H,28,29)(H2,19,30,31)/t10?,11?,15-/m1/s1. The number of thiophene rings is 1. The van der Waals surface area contributed by atoms with Gasteiger partial charge in [0.2, 0.25) is 21.1 Å². The van der Waals surface area contributed by atoms with Gasteiger partial charge in [0, 0.05) is 16.4 Å². The molecule has 0 saturated carbocycles. The second kappa shape index (κ2) is 10.2. The molecule has 4 heterocycles. The summed E-state index contributed by atoms with van der Waals surface area (Å²) in [6.07, 6.45) is 0. The predicted molar refractivity (Wildman–Crippen MR) is 127 cm³/mol. The van der Waals surface area contributed by atoms with E-state index in [9.17, 15) is 27.9 Å².